The van der Waals surface area contributed by atoms with E-state index in [1.54, 1.807) is 17.7 Å². The maximum Gasteiger partial charge on any atom is 0.134 e. The van der Waals surface area contributed by atoms with Crippen molar-refractivity contribution in [2.45, 2.75) is 13.5 Å². The smallest absolute Gasteiger partial charge is 0.134 e. The molecule has 0 unspecified atom stereocenters. The Kier molecular flexibility index (Phi) is 3.36. The number of nitrogens with zero attached hydrogens (tertiary/aromatic N) is 2. The molecule has 0 saturated heterocycles. The van der Waals surface area contributed by atoms with Crippen LogP contribution in [0.5, 0.6) is 0 Å². The van der Waals surface area contributed by atoms with E-state index in [-0.39, 0.29) is 0 Å². The molecule has 2 aromatic rings. The van der Waals surface area contributed by atoms with Crippen LogP contribution in [0.4, 0.5) is 11.6 Å². The maximum absolute atomic E-state index is 4.23. The monoisotopic (exact) mass is 234 g/mol. The van der Waals surface area contributed by atoms with E-state index in [1.165, 1.54) is 5.56 Å². The van der Waals surface area contributed by atoms with E-state index < -0.39 is 0 Å². The molecule has 2 rings (SSSR count). The first-order valence-electron chi connectivity index (χ1n) is 5.05. The fourth-order valence-corrected chi connectivity index (χ4v) is 2.13. The molecule has 0 radical (unpaired) electrons. The second kappa shape index (κ2) is 4.94. The fraction of sp³-hybridized carbons (Fsp3) is 0.273. The number of thiophene rings is 1. The first-order valence-corrected chi connectivity index (χ1v) is 6.00. The first-order chi connectivity index (χ1) is 7.81. The van der Waals surface area contributed by atoms with Crippen LogP contribution in [0.2, 0.25) is 0 Å². The van der Waals surface area contributed by atoms with Crippen LogP contribution >= 0.6 is 11.3 Å². The minimum atomic E-state index is 0.796. The van der Waals surface area contributed by atoms with E-state index in [0.717, 1.165) is 23.7 Å². The van der Waals surface area contributed by atoms with Gasteiger partial charge in [-0.25, -0.2) is 9.97 Å². The van der Waals surface area contributed by atoms with Gasteiger partial charge in [-0.3, -0.25) is 0 Å². The van der Waals surface area contributed by atoms with Crippen molar-refractivity contribution in [2.75, 3.05) is 17.7 Å². The van der Waals surface area contributed by atoms with Gasteiger partial charge < -0.3 is 10.6 Å². The van der Waals surface area contributed by atoms with Crippen molar-refractivity contribution >= 4 is 23.0 Å². The molecule has 0 saturated carbocycles. The van der Waals surface area contributed by atoms with Crippen molar-refractivity contribution in [3.63, 3.8) is 0 Å². The van der Waals surface area contributed by atoms with Crippen LogP contribution in [0.1, 0.15) is 11.1 Å². The second-order valence-electron chi connectivity index (χ2n) is 3.43. The topological polar surface area (TPSA) is 49.8 Å². The molecule has 2 aromatic heterocycles. The van der Waals surface area contributed by atoms with Crippen LogP contribution in [-0.4, -0.2) is 17.0 Å². The lowest BCUT2D eigenvalue weighted by molar-refractivity contribution is 1.06. The third kappa shape index (κ3) is 2.30. The molecular formula is C11H14N4S. The van der Waals surface area contributed by atoms with Gasteiger partial charge in [0.2, 0.25) is 0 Å². The van der Waals surface area contributed by atoms with Gasteiger partial charge in [0.1, 0.15) is 18.0 Å². The largest absolute Gasteiger partial charge is 0.373 e. The second-order valence-corrected chi connectivity index (χ2v) is 4.21. The Morgan fingerprint density at radius 3 is 2.81 bits per heavy atom. The van der Waals surface area contributed by atoms with Gasteiger partial charge in [0, 0.05) is 19.2 Å². The van der Waals surface area contributed by atoms with E-state index >= 15 is 0 Å². The summed E-state index contributed by atoms with van der Waals surface area (Å²) in [4.78, 5) is 8.37. The first kappa shape index (κ1) is 10.9. The number of anilines is 2. The molecule has 0 fully saturated rings. The minimum absolute atomic E-state index is 0.796. The van der Waals surface area contributed by atoms with Crippen LogP contribution in [0.25, 0.3) is 0 Å². The standard InChI is InChI=1S/C11H14N4S/c1-8-10(12-2)14-7-15-11(8)13-5-9-3-4-16-6-9/h3-4,6-7H,5H2,1-2H3,(H2,12,13,14,15). The normalized spacial score (nSPS) is 10.1. The molecule has 84 valence electrons. The van der Waals surface area contributed by atoms with Crippen molar-refractivity contribution in [2.24, 2.45) is 0 Å². The summed E-state index contributed by atoms with van der Waals surface area (Å²) in [5.41, 5.74) is 2.31. The molecule has 0 amide bonds. The lowest BCUT2D eigenvalue weighted by Crippen LogP contribution is -2.05. The van der Waals surface area contributed by atoms with Gasteiger partial charge in [0.25, 0.3) is 0 Å². The zero-order valence-electron chi connectivity index (χ0n) is 9.32. The van der Waals surface area contributed by atoms with Crippen molar-refractivity contribution in [1.29, 1.82) is 0 Å². The van der Waals surface area contributed by atoms with E-state index in [2.05, 4.69) is 37.4 Å². The molecule has 0 aliphatic carbocycles. The van der Waals surface area contributed by atoms with Crippen molar-refractivity contribution < 1.29 is 0 Å². The molecule has 5 heteroatoms. The van der Waals surface area contributed by atoms with Crippen molar-refractivity contribution in [1.82, 2.24) is 9.97 Å². The van der Waals surface area contributed by atoms with Gasteiger partial charge in [0.15, 0.2) is 0 Å². The highest BCUT2D eigenvalue weighted by Gasteiger charge is 2.04. The summed E-state index contributed by atoms with van der Waals surface area (Å²) in [6.45, 7) is 2.80. The molecule has 0 atom stereocenters. The molecule has 0 aromatic carbocycles. The zero-order chi connectivity index (χ0) is 11.4. The zero-order valence-corrected chi connectivity index (χ0v) is 10.1. The Morgan fingerprint density at radius 2 is 2.12 bits per heavy atom. The van der Waals surface area contributed by atoms with Crippen LogP contribution in [0, 0.1) is 6.92 Å². The highest BCUT2D eigenvalue weighted by Crippen LogP contribution is 2.18. The Labute approximate surface area is 98.8 Å². The summed E-state index contributed by atoms with van der Waals surface area (Å²) in [5.74, 6) is 1.74. The lowest BCUT2D eigenvalue weighted by atomic mass is 10.3. The Bertz CT molecular complexity index is 453. The molecule has 0 aliphatic heterocycles. The Morgan fingerprint density at radius 1 is 1.31 bits per heavy atom. The van der Waals surface area contributed by atoms with E-state index in [0.29, 0.717) is 0 Å². The number of nitrogens with one attached hydrogen (secondary N) is 2. The molecule has 2 heterocycles. The highest BCUT2D eigenvalue weighted by atomic mass is 32.1. The number of aromatic nitrogens is 2. The van der Waals surface area contributed by atoms with E-state index in [9.17, 15) is 0 Å². The average Bonchev–Trinajstić information content (AvgIpc) is 2.81. The third-order valence-electron chi connectivity index (χ3n) is 2.36. The predicted molar refractivity (Wildman–Crippen MR) is 68.0 cm³/mol. The maximum atomic E-state index is 4.23. The average molecular weight is 234 g/mol. The van der Waals surface area contributed by atoms with Crippen molar-refractivity contribution in [3.05, 3.63) is 34.3 Å². The van der Waals surface area contributed by atoms with Crippen LogP contribution in [0.15, 0.2) is 23.2 Å². The molecular weight excluding hydrogens is 220 g/mol. The van der Waals surface area contributed by atoms with Gasteiger partial charge in [-0.2, -0.15) is 11.3 Å². The summed E-state index contributed by atoms with van der Waals surface area (Å²) in [6.07, 6.45) is 1.56. The summed E-state index contributed by atoms with van der Waals surface area (Å²) >= 11 is 1.70. The van der Waals surface area contributed by atoms with Crippen LogP contribution in [-0.2, 0) is 6.54 Å². The van der Waals surface area contributed by atoms with Gasteiger partial charge in [-0.05, 0) is 29.3 Å². The summed E-state index contributed by atoms with van der Waals surface area (Å²) in [6, 6.07) is 2.10. The predicted octanol–water partition coefficient (Wildman–Crippen LogP) is 2.50. The molecule has 16 heavy (non-hydrogen) atoms. The Balaban J connectivity index is 2.09. The van der Waals surface area contributed by atoms with Gasteiger partial charge >= 0.3 is 0 Å². The molecule has 0 aliphatic rings. The number of rotatable bonds is 4. The summed E-state index contributed by atoms with van der Waals surface area (Å²) in [5, 5.41) is 10.5. The molecule has 0 spiro atoms. The van der Waals surface area contributed by atoms with Crippen LogP contribution in [0.3, 0.4) is 0 Å². The molecule has 0 bridgehead atoms. The third-order valence-corrected chi connectivity index (χ3v) is 3.09. The number of hydrogen-bond acceptors (Lipinski definition) is 5. The van der Waals surface area contributed by atoms with Gasteiger partial charge in [-0.15, -0.1) is 0 Å². The van der Waals surface area contributed by atoms with Gasteiger partial charge in [0.05, 0.1) is 0 Å². The van der Waals surface area contributed by atoms with E-state index in [4.69, 9.17) is 0 Å². The lowest BCUT2D eigenvalue weighted by Gasteiger charge is -2.10. The van der Waals surface area contributed by atoms with E-state index in [1.807, 2.05) is 14.0 Å². The summed E-state index contributed by atoms with van der Waals surface area (Å²) < 4.78 is 0. The van der Waals surface area contributed by atoms with Crippen molar-refractivity contribution in [3.8, 4) is 0 Å². The summed E-state index contributed by atoms with van der Waals surface area (Å²) in [7, 11) is 1.86. The van der Waals surface area contributed by atoms with Crippen LogP contribution < -0.4 is 10.6 Å². The fourth-order valence-electron chi connectivity index (χ4n) is 1.46. The Hall–Kier alpha value is -1.62. The quantitative estimate of drug-likeness (QED) is 0.853. The SMILES string of the molecule is CNc1ncnc(NCc2ccsc2)c1C. The highest BCUT2D eigenvalue weighted by molar-refractivity contribution is 7.07. The molecule has 2 N–H and O–H groups in total. The minimum Gasteiger partial charge on any atom is -0.373 e. The van der Waals surface area contributed by atoms with Gasteiger partial charge in [-0.1, -0.05) is 0 Å². The number of hydrogen-bond donors (Lipinski definition) is 2. The molecule has 4 nitrogen and oxygen atoms in total.